The fourth-order valence-electron chi connectivity index (χ4n) is 4.85. The number of esters is 1. The number of carbonyl (C=O) groups excluding carboxylic acids is 2. The SMILES string of the molecule is Cc1ccc(-c2c(C(=O)OCC(=O)Nc3sc4c(c3C#N)CCCC4)n(C)c(=O)c3ccccc23)cc1. The summed E-state index contributed by atoms with van der Waals surface area (Å²) in [5.74, 6) is -1.31. The fourth-order valence-corrected chi connectivity index (χ4v) is 6.11. The number of aryl methyl sites for hydroxylation is 2. The van der Waals surface area contributed by atoms with Crippen molar-refractivity contribution in [2.45, 2.75) is 32.6 Å². The molecule has 1 aliphatic rings. The zero-order valence-corrected chi connectivity index (χ0v) is 21.4. The molecule has 2 aromatic carbocycles. The van der Waals surface area contributed by atoms with Crippen molar-refractivity contribution in [1.29, 1.82) is 5.26 Å². The van der Waals surface area contributed by atoms with E-state index in [1.54, 1.807) is 18.2 Å². The zero-order valence-electron chi connectivity index (χ0n) is 20.6. The van der Waals surface area contributed by atoms with Crippen molar-refractivity contribution in [3.63, 3.8) is 0 Å². The molecular weight excluding hydrogens is 486 g/mol. The quantitative estimate of drug-likeness (QED) is 0.375. The summed E-state index contributed by atoms with van der Waals surface area (Å²) in [7, 11) is 1.53. The number of rotatable bonds is 5. The van der Waals surface area contributed by atoms with Crippen LogP contribution in [-0.2, 0) is 29.4 Å². The topological polar surface area (TPSA) is 101 Å². The summed E-state index contributed by atoms with van der Waals surface area (Å²) in [6, 6.07) is 17.0. The van der Waals surface area contributed by atoms with Gasteiger partial charge in [-0.25, -0.2) is 4.79 Å². The highest BCUT2D eigenvalue weighted by Crippen LogP contribution is 2.37. The van der Waals surface area contributed by atoms with Crippen LogP contribution in [0.15, 0.2) is 53.3 Å². The minimum atomic E-state index is -0.776. The molecule has 2 aromatic heterocycles. The number of benzene rings is 2. The van der Waals surface area contributed by atoms with Gasteiger partial charge in [0.2, 0.25) is 0 Å². The van der Waals surface area contributed by atoms with Gasteiger partial charge < -0.3 is 14.6 Å². The van der Waals surface area contributed by atoms with Crippen LogP contribution in [0.2, 0.25) is 0 Å². The Morgan fingerprint density at radius 2 is 1.78 bits per heavy atom. The highest BCUT2D eigenvalue weighted by Gasteiger charge is 2.25. The normalized spacial score (nSPS) is 12.6. The Labute approximate surface area is 217 Å². The smallest absolute Gasteiger partial charge is 0.356 e. The van der Waals surface area contributed by atoms with Crippen LogP contribution in [0.25, 0.3) is 21.9 Å². The summed E-state index contributed by atoms with van der Waals surface area (Å²) in [6.07, 6.45) is 3.82. The number of hydrogen-bond acceptors (Lipinski definition) is 6. The highest BCUT2D eigenvalue weighted by molar-refractivity contribution is 7.16. The Balaban J connectivity index is 1.45. The molecule has 0 fully saturated rings. The lowest BCUT2D eigenvalue weighted by Crippen LogP contribution is -2.28. The summed E-state index contributed by atoms with van der Waals surface area (Å²) in [4.78, 5) is 40.3. The molecule has 7 nitrogen and oxygen atoms in total. The van der Waals surface area contributed by atoms with Crippen LogP contribution >= 0.6 is 11.3 Å². The third-order valence-electron chi connectivity index (χ3n) is 6.71. The molecule has 186 valence electrons. The number of fused-ring (bicyclic) bond motifs is 2. The Hall–Kier alpha value is -4.22. The first-order valence-electron chi connectivity index (χ1n) is 12.1. The summed E-state index contributed by atoms with van der Waals surface area (Å²) in [5.41, 5.74) is 3.65. The average molecular weight is 512 g/mol. The first kappa shape index (κ1) is 24.5. The number of amides is 1. The minimum absolute atomic E-state index is 0.0738. The Kier molecular flexibility index (Phi) is 6.64. The van der Waals surface area contributed by atoms with E-state index in [9.17, 15) is 19.6 Å². The van der Waals surface area contributed by atoms with Gasteiger partial charge in [0.1, 0.15) is 16.8 Å². The van der Waals surface area contributed by atoms with E-state index in [4.69, 9.17) is 4.74 Å². The largest absolute Gasteiger partial charge is 0.451 e. The van der Waals surface area contributed by atoms with Gasteiger partial charge in [0, 0.05) is 22.9 Å². The summed E-state index contributed by atoms with van der Waals surface area (Å²) in [5, 5.41) is 14.0. The molecule has 1 aliphatic carbocycles. The molecule has 8 heteroatoms. The number of carbonyl (C=O) groups is 2. The molecule has 0 saturated carbocycles. The van der Waals surface area contributed by atoms with E-state index in [0.717, 1.165) is 47.3 Å². The third kappa shape index (κ3) is 4.54. The van der Waals surface area contributed by atoms with E-state index in [-0.39, 0.29) is 11.3 Å². The second-order valence-corrected chi connectivity index (χ2v) is 10.3. The minimum Gasteiger partial charge on any atom is -0.451 e. The summed E-state index contributed by atoms with van der Waals surface area (Å²) < 4.78 is 6.70. The predicted molar refractivity (Wildman–Crippen MR) is 144 cm³/mol. The molecule has 0 unspecified atom stereocenters. The molecule has 0 atom stereocenters. The predicted octanol–water partition coefficient (Wildman–Crippen LogP) is 5.12. The number of ether oxygens (including phenoxy) is 1. The molecule has 0 saturated heterocycles. The van der Waals surface area contributed by atoms with Crippen molar-refractivity contribution in [3.05, 3.63) is 86.1 Å². The van der Waals surface area contributed by atoms with Crippen molar-refractivity contribution in [3.8, 4) is 17.2 Å². The molecule has 37 heavy (non-hydrogen) atoms. The molecule has 5 rings (SSSR count). The van der Waals surface area contributed by atoms with Gasteiger partial charge in [-0.1, -0.05) is 48.0 Å². The van der Waals surface area contributed by atoms with Crippen LogP contribution in [-0.4, -0.2) is 23.1 Å². The van der Waals surface area contributed by atoms with Gasteiger partial charge in [-0.3, -0.25) is 9.59 Å². The molecule has 1 amide bonds. The fraction of sp³-hybridized carbons (Fsp3) is 0.241. The van der Waals surface area contributed by atoms with Crippen molar-refractivity contribution in [2.24, 2.45) is 7.05 Å². The standard InChI is InChI=1S/C29H25N3O4S/c1-17-11-13-18(14-12-17)25-20-8-3-4-9-21(20)28(34)32(2)26(25)29(35)36-16-24(33)31-27-22(15-30)19-7-5-6-10-23(19)37-27/h3-4,8-9,11-14H,5-7,10,16H2,1-2H3,(H,31,33). The number of nitrogens with zero attached hydrogens (tertiary/aromatic N) is 2. The van der Waals surface area contributed by atoms with Crippen LogP contribution in [0.3, 0.4) is 0 Å². The maximum Gasteiger partial charge on any atom is 0.356 e. The van der Waals surface area contributed by atoms with Crippen molar-refractivity contribution in [2.75, 3.05) is 11.9 Å². The molecule has 4 aromatic rings. The molecule has 0 bridgehead atoms. The first-order valence-corrected chi connectivity index (χ1v) is 12.9. The number of nitriles is 1. The zero-order chi connectivity index (χ0) is 26.1. The van der Waals surface area contributed by atoms with Gasteiger partial charge in [-0.15, -0.1) is 11.3 Å². The van der Waals surface area contributed by atoms with Crippen molar-refractivity contribution < 1.29 is 14.3 Å². The van der Waals surface area contributed by atoms with Crippen LogP contribution in [0.1, 0.15) is 44.9 Å². The number of thiophene rings is 1. The van der Waals surface area contributed by atoms with Gasteiger partial charge >= 0.3 is 5.97 Å². The second-order valence-electron chi connectivity index (χ2n) is 9.15. The maximum absolute atomic E-state index is 13.3. The van der Waals surface area contributed by atoms with Crippen LogP contribution in [0, 0.1) is 18.3 Å². The maximum atomic E-state index is 13.3. The number of pyridine rings is 1. The van der Waals surface area contributed by atoms with Crippen molar-refractivity contribution in [1.82, 2.24) is 4.57 Å². The molecule has 1 N–H and O–H groups in total. The monoisotopic (exact) mass is 511 g/mol. The number of nitrogens with one attached hydrogen (secondary N) is 1. The molecule has 0 aliphatic heterocycles. The van der Waals surface area contributed by atoms with Gasteiger partial charge in [0.05, 0.1) is 5.56 Å². The lowest BCUT2D eigenvalue weighted by molar-refractivity contribution is -0.119. The van der Waals surface area contributed by atoms with Gasteiger partial charge in [0.25, 0.3) is 11.5 Å². The first-order chi connectivity index (χ1) is 17.9. The van der Waals surface area contributed by atoms with Crippen LogP contribution in [0.4, 0.5) is 5.00 Å². The lowest BCUT2D eigenvalue weighted by Gasteiger charge is -2.17. The van der Waals surface area contributed by atoms with E-state index in [1.807, 2.05) is 37.3 Å². The van der Waals surface area contributed by atoms with Gasteiger partial charge in [0.15, 0.2) is 6.61 Å². The molecule has 2 heterocycles. The Morgan fingerprint density at radius 3 is 2.51 bits per heavy atom. The summed E-state index contributed by atoms with van der Waals surface area (Å²) >= 11 is 1.41. The van der Waals surface area contributed by atoms with Gasteiger partial charge in [-0.05, 0) is 55.2 Å². The van der Waals surface area contributed by atoms with E-state index in [1.165, 1.54) is 23.0 Å². The van der Waals surface area contributed by atoms with Crippen LogP contribution < -0.4 is 10.9 Å². The molecular formula is C29H25N3O4S. The molecule has 0 spiro atoms. The molecule has 0 radical (unpaired) electrons. The van der Waals surface area contributed by atoms with E-state index < -0.39 is 18.5 Å². The number of anilines is 1. The second kappa shape index (κ2) is 10.0. The summed E-state index contributed by atoms with van der Waals surface area (Å²) in [6.45, 7) is 1.43. The average Bonchev–Trinajstić information content (AvgIpc) is 3.26. The van der Waals surface area contributed by atoms with Crippen molar-refractivity contribution >= 4 is 39.0 Å². The van der Waals surface area contributed by atoms with E-state index >= 15 is 0 Å². The van der Waals surface area contributed by atoms with E-state index in [2.05, 4.69) is 11.4 Å². The highest BCUT2D eigenvalue weighted by atomic mass is 32.1. The third-order valence-corrected chi connectivity index (χ3v) is 7.91. The van der Waals surface area contributed by atoms with Gasteiger partial charge in [-0.2, -0.15) is 5.26 Å². The lowest BCUT2D eigenvalue weighted by atomic mass is 9.96. The Morgan fingerprint density at radius 1 is 1.08 bits per heavy atom. The number of hydrogen-bond donors (Lipinski definition) is 1. The van der Waals surface area contributed by atoms with E-state index in [0.29, 0.717) is 26.9 Å². The number of aromatic nitrogens is 1. The Bertz CT molecular complexity index is 1640. The van der Waals surface area contributed by atoms with Crippen LogP contribution in [0.5, 0.6) is 0 Å².